The molecule has 2 aliphatic carbocycles. The molecule has 8 aromatic rings. The highest BCUT2D eigenvalue weighted by Gasteiger charge is 2.52. The van der Waals surface area contributed by atoms with Crippen LogP contribution < -0.4 is 4.74 Å². The second-order valence-electron chi connectivity index (χ2n) is 14.3. The molecular weight excluding hydrogens is 657 g/mol. The number of ether oxygens (including phenoxy) is 1. The van der Waals surface area contributed by atoms with E-state index in [4.69, 9.17) is 14.7 Å². The van der Waals surface area contributed by atoms with Gasteiger partial charge in [0.05, 0.1) is 16.6 Å². The molecule has 3 heteroatoms. The normalized spacial score (nSPS) is 16.4. The lowest BCUT2D eigenvalue weighted by atomic mass is 9.64. The lowest BCUT2D eigenvalue weighted by Crippen LogP contribution is -2.33. The van der Waals surface area contributed by atoms with Crippen LogP contribution in [0.1, 0.15) is 35.1 Å². The molecule has 3 aliphatic rings. The van der Waals surface area contributed by atoms with Gasteiger partial charge in [0.2, 0.25) is 0 Å². The first-order valence-corrected chi connectivity index (χ1v) is 18.7. The molecule has 11 rings (SSSR count). The number of aromatic nitrogens is 2. The molecular formula is C51H34N2O. The third-order valence-corrected chi connectivity index (χ3v) is 11.5. The molecule has 3 nitrogen and oxygen atoms in total. The first-order chi connectivity index (χ1) is 26.8. The Bertz CT molecular complexity index is 2850. The highest BCUT2D eigenvalue weighted by Crippen LogP contribution is 2.63. The van der Waals surface area contributed by atoms with Gasteiger partial charge in [-0.25, -0.2) is 9.97 Å². The van der Waals surface area contributed by atoms with Gasteiger partial charge in [0.25, 0.3) is 0 Å². The molecule has 0 bridgehead atoms. The largest absolute Gasteiger partial charge is 0.457 e. The first kappa shape index (κ1) is 30.8. The smallest absolute Gasteiger partial charge is 0.161 e. The van der Waals surface area contributed by atoms with Gasteiger partial charge in [-0.2, -0.15) is 0 Å². The number of allylic oxidation sites excluding steroid dienone is 4. The van der Waals surface area contributed by atoms with E-state index in [1.54, 1.807) is 0 Å². The predicted molar refractivity (Wildman–Crippen MR) is 219 cm³/mol. The molecule has 7 aromatic carbocycles. The van der Waals surface area contributed by atoms with Gasteiger partial charge < -0.3 is 4.74 Å². The van der Waals surface area contributed by atoms with E-state index in [1.807, 2.05) is 12.1 Å². The first-order valence-electron chi connectivity index (χ1n) is 18.7. The van der Waals surface area contributed by atoms with E-state index in [-0.39, 0.29) is 0 Å². The molecule has 1 aliphatic heterocycles. The molecule has 0 saturated carbocycles. The molecule has 0 saturated heterocycles. The van der Waals surface area contributed by atoms with Gasteiger partial charge in [-0.05, 0) is 81.6 Å². The number of para-hydroxylation sites is 2. The van der Waals surface area contributed by atoms with E-state index in [1.165, 1.54) is 39.0 Å². The molecule has 2 heterocycles. The van der Waals surface area contributed by atoms with Crippen LogP contribution in [0.25, 0.3) is 61.4 Å². The van der Waals surface area contributed by atoms with Crippen LogP contribution in [0.15, 0.2) is 188 Å². The second-order valence-corrected chi connectivity index (χ2v) is 14.3. The number of benzene rings is 7. The van der Waals surface area contributed by atoms with Crippen molar-refractivity contribution in [2.45, 2.75) is 18.3 Å². The zero-order valence-corrected chi connectivity index (χ0v) is 29.5. The van der Waals surface area contributed by atoms with Crippen molar-refractivity contribution in [1.29, 1.82) is 0 Å². The van der Waals surface area contributed by atoms with Gasteiger partial charge in [0, 0.05) is 27.6 Å². The van der Waals surface area contributed by atoms with Crippen molar-refractivity contribution in [3.05, 3.63) is 210 Å². The Kier molecular flexibility index (Phi) is 6.90. The second kappa shape index (κ2) is 12.1. The number of rotatable bonds is 4. The maximum absolute atomic E-state index is 6.69. The van der Waals surface area contributed by atoms with Crippen molar-refractivity contribution in [2.75, 3.05) is 0 Å². The van der Waals surface area contributed by atoms with E-state index in [0.29, 0.717) is 0 Å². The summed E-state index contributed by atoms with van der Waals surface area (Å²) >= 11 is 0. The lowest BCUT2D eigenvalue weighted by molar-refractivity contribution is 0.432. The molecule has 0 amide bonds. The van der Waals surface area contributed by atoms with Gasteiger partial charge in [-0.1, -0.05) is 158 Å². The van der Waals surface area contributed by atoms with E-state index >= 15 is 0 Å². The Labute approximate surface area is 314 Å². The van der Waals surface area contributed by atoms with Crippen LogP contribution in [0.4, 0.5) is 0 Å². The third-order valence-electron chi connectivity index (χ3n) is 11.5. The van der Waals surface area contributed by atoms with Crippen LogP contribution >= 0.6 is 0 Å². The third kappa shape index (κ3) is 4.55. The molecule has 0 fully saturated rings. The van der Waals surface area contributed by atoms with E-state index in [0.717, 1.165) is 74.6 Å². The van der Waals surface area contributed by atoms with Crippen molar-refractivity contribution >= 4 is 16.5 Å². The van der Waals surface area contributed by atoms with Crippen LogP contribution in [0.5, 0.6) is 11.5 Å². The van der Waals surface area contributed by atoms with Crippen molar-refractivity contribution in [3.8, 4) is 56.4 Å². The fourth-order valence-corrected chi connectivity index (χ4v) is 9.13. The van der Waals surface area contributed by atoms with E-state index < -0.39 is 5.41 Å². The minimum atomic E-state index is -0.409. The maximum atomic E-state index is 6.69. The van der Waals surface area contributed by atoms with Crippen LogP contribution in [0.2, 0.25) is 0 Å². The van der Waals surface area contributed by atoms with Gasteiger partial charge in [-0.3, -0.25) is 0 Å². The fourth-order valence-electron chi connectivity index (χ4n) is 9.13. The summed E-state index contributed by atoms with van der Waals surface area (Å²) in [5.74, 6) is 2.58. The maximum Gasteiger partial charge on any atom is 0.161 e. The predicted octanol–water partition coefficient (Wildman–Crippen LogP) is 12.9. The monoisotopic (exact) mass is 690 g/mol. The van der Waals surface area contributed by atoms with Crippen LogP contribution in [-0.4, -0.2) is 9.97 Å². The Morgan fingerprint density at radius 1 is 0.481 bits per heavy atom. The number of nitrogens with zero attached hydrogens (tertiary/aromatic N) is 2. The molecule has 0 N–H and O–H groups in total. The van der Waals surface area contributed by atoms with Crippen molar-refractivity contribution in [3.63, 3.8) is 0 Å². The lowest BCUT2D eigenvalue weighted by Gasteiger charge is -2.41. The minimum absolute atomic E-state index is 0.409. The van der Waals surface area contributed by atoms with Gasteiger partial charge >= 0.3 is 0 Å². The molecule has 54 heavy (non-hydrogen) atoms. The molecule has 1 atom stereocenters. The number of hydrogen-bond donors (Lipinski definition) is 0. The average molecular weight is 691 g/mol. The Morgan fingerprint density at radius 2 is 1.15 bits per heavy atom. The van der Waals surface area contributed by atoms with Crippen molar-refractivity contribution in [1.82, 2.24) is 9.97 Å². The van der Waals surface area contributed by atoms with Crippen LogP contribution in [0.3, 0.4) is 0 Å². The number of hydrogen-bond acceptors (Lipinski definition) is 3. The van der Waals surface area contributed by atoms with Crippen LogP contribution in [0, 0.1) is 0 Å². The van der Waals surface area contributed by atoms with Crippen molar-refractivity contribution in [2.24, 2.45) is 0 Å². The average Bonchev–Trinajstić information content (AvgIpc) is 3.54. The Morgan fingerprint density at radius 3 is 2.02 bits per heavy atom. The summed E-state index contributed by atoms with van der Waals surface area (Å²) in [5, 5.41) is 1.04. The zero-order chi connectivity index (χ0) is 35.6. The van der Waals surface area contributed by atoms with Gasteiger partial charge in [0.15, 0.2) is 5.82 Å². The topological polar surface area (TPSA) is 35.0 Å². The quantitative estimate of drug-likeness (QED) is 0.184. The minimum Gasteiger partial charge on any atom is -0.457 e. The SMILES string of the molecule is C1=CC2=C(CC1)C1(c3ccccc3Oc3ccc(-c4ccc(-c5ccccc5-c5nc(-c6ccccc6)c6ccccc6n5)cc4)cc31)c1ccccc12. The highest BCUT2D eigenvalue weighted by atomic mass is 16.5. The zero-order valence-electron chi connectivity index (χ0n) is 29.5. The molecule has 254 valence electrons. The summed E-state index contributed by atoms with van der Waals surface area (Å²) in [6.07, 6.45) is 6.72. The summed E-state index contributed by atoms with van der Waals surface area (Å²) in [5.41, 5.74) is 16.0. The summed E-state index contributed by atoms with van der Waals surface area (Å²) in [7, 11) is 0. The summed E-state index contributed by atoms with van der Waals surface area (Å²) in [6, 6.07) is 60.4. The summed E-state index contributed by atoms with van der Waals surface area (Å²) < 4.78 is 6.69. The highest BCUT2D eigenvalue weighted by molar-refractivity contribution is 5.95. The Hall–Kier alpha value is -6.84. The van der Waals surface area contributed by atoms with Gasteiger partial charge in [0.1, 0.15) is 11.5 Å². The molecule has 1 spiro atoms. The molecule has 1 unspecified atom stereocenters. The van der Waals surface area contributed by atoms with Crippen molar-refractivity contribution < 1.29 is 4.74 Å². The summed E-state index contributed by atoms with van der Waals surface area (Å²) in [4.78, 5) is 10.3. The number of fused-ring (bicyclic) bond motifs is 9. The van der Waals surface area contributed by atoms with E-state index in [2.05, 4.69) is 170 Å². The molecule has 1 aromatic heterocycles. The standard InChI is InChI=1S/C51H34N2O/c1-2-14-35(15-3-1)49-41-20-8-12-24-46(41)52-50(53-49)40-19-5-4-16-37(40)34-28-26-33(27-29-34)36-30-31-48-45(32-36)51(44-23-11-13-25-47(44)54-48)42-21-9-6-17-38(42)39-18-7-10-22-43(39)51/h1-9,11-21,23-32H,10,22H2. The fraction of sp³-hybridized carbons (Fsp3) is 0.0588. The Balaban J connectivity index is 1.02. The van der Waals surface area contributed by atoms with E-state index in [9.17, 15) is 0 Å². The molecule has 0 radical (unpaired) electrons. The summed E-state index contributed by atoms with van der Waals surface area (Å²) in [6.45, 7) is 0. The van der Waals surface area contributed by atoms with Gasteiger partial charge in [-0.15, -0.1) is 0 Å². The van der Waals surface area contributed by atoms with Crippen LogP contribution in [-0.2, 0) is 5.41 Å².